The Morgan fingerprint density at radius 2 is 2.18 bits per heavy atom. The second-order valence-corrected chi connectivity index (χ2v) is 7.62. The van der Waals surface area contributed by atoms with E-state index in [1.165, 1.54) is 6.07 Å². The van der Waals surface area contributed by atoms with Crippen molar-refractivity contribution in [2.75, 3.05) is 13.1 Å². The molecule has 0 spiro atoms. The lowest BCUT2D eigenvalue weighted by Crippen LogP contribution is -2.30. The summed E-state index contributed by atoms with van der Waals surface area (Å²) in [4.78, 5) is 11.1. The summed E-state index contributed by atoms with van der Waals surface area (Å²) in [5.74, 6) is -0.164. The van der Waals surface area contributed by atoms with Crippen LogP contribution in [0.5, 0.6) is 0 Å². The van der Waals surface area contributed by atoms with Gasteiger partial charge in [-0.2, -0.15) is 0 Å². The summed E-state index contributed by atoms with van der Waals surface area (Å²) in [5.41, 5.74) is 0. The number of hydrogen-bond donors (Lipinski definition) is 2. The Morgan fingerprint density at radius 1 is 1.47 bits per heavy atom. The van der Waals surface area contributed by atoms with Gasteiger partial charge in [0.2, 0.25) is 15.9 Å². The van der Waals surface area contributed by atoms with Crippen LogP contribution in [0.25, 0.3) is 0 Å². The number of halogens is 1. The van der Waals surface area contributed by atoms with E-state index < -0.39 is 10.0 Å². The molecule has 0 aliphatic carbocycles. The van der Waals surface area contributed by atoms with Crippen molar-refractivity contribution in [3.8, 4) is 0 Å². The van der Waals surface area contributed by atoms with E-state index in [0.29, 0.717) is 6.54 Å². The van der Waals surface area contributed by atoms with E-state index in [2.05, 4.69) is 26.0 Å². The molecular weight excluding hydrogens is 328 g/mol. The van der Waals surface area contributed by atoms with Crippen LogP contribution < -0.4 is 10.0 Å². The molecule has 0 aliphatic heterocycles. The Balaban J connectivity index is 2.49. The number of hydrogen-bond acceptors (Lipinski definition) is 4. The minimum absolute atomic E-state index is 0.101. The molecule has 5 nitrogen and oxygen atoms in total. The average molecular weight is 341 g/mol. The first-order chi connectivity index (χ1) is 7.95. The lowest BCUT2D eigenvalue weighted by atomic mass is 10.4. The fraction of sp³-hybridized carbons (Fsp3) is 0.444. The maximum atomic E-state index is 11.7. The van der Waals surface area contributed by atoms with E-state index in [1.807, 2.05) is 6.92 Å². The Kier molecular flexibility index (Phi) is 5.57. The number of nitrogens with one attached hydrogen (secondary N) is 2. The van der Waals surface area contributed by atoms with E-state index in [9.17, 15) is 13.2 Å². The van der Waals surface area contributed by atoms with Crippen molar-refractivity contribution in [3.63, 3.8) is 0 Å². The second kappa shape index (κ2) is 6.48. The molecule has 1 aromatic rings. The summed E-state index contributed by atoms with van der Waals surface area (Å²) in [6.45, 7) is 2.46. The molecule has 0 fully saturated rings. The molecule has 0 unspecified atom stereocenters. The van der Waals surface area contributed by atoms with Crippen molar-refractivity contribution in [2.45, 2.75) is 17.6 Å². The van der Waals surface area contributed by atoms with Crippen molar-refractivity contribution >= 4 is 43.2 Å². The van der Waals surface area contributed by atoms with Gasteiger partial charge in [-0.3, -0.25) is 4.79 Å². The van der Waals surface area contributed by atoms with E-state index in [1.54, 1.807) is 6.07 Å². The van der Waals surface area contributed by atoms with Gasteiger partial charge in [-0.25, -0.2) is 13.1 Å². The Morgan fingerprint density at radius 3 is 2.71 bits per heavy atom. The fourth-order valence-electron chi connectivity index (χ4n) is 1.10. The molecule has 0 aliphatic rings. The zero-order chi connectivity index (χ0) is 12.9. The molecule has 96 valence electrons. The van der Waals surface area contributed by atoms with Crippen LogP contribution in [0.2, 0.25) is 0 Å². The van der Waals surface area contributed by atoms with E-state index in [0.717, 1.165) is 15.1 Å². The number of carbonyl (C=O) groups is 1. The number of carbonyl (C=O) groups excluding carboxylic acids is 1. The Labute approximate surface area is 113 Å². The smallest absolute Gasteiger partial charge is 0.250 e. The SMILES string of the molecule is CCNC(=O)CCNS(=O)(=O)c1ccc(Br)s1. The zero-order valence-corrected chi connectivity index (χ0v) is 12.4. The highest BCUT2D eigenvalue weighted by Gasteiger charge is 2.16. The van der Waals surface area contributed by atoms with Crippen LogP contribution >= 0.6 is 27.3 Å². The Hall–Kier alpha value is -0.440. The molecule has 0 bridgehead atoms. The van der Waals surface area contributed by atoms with Gasteiger partial charge in [0.05, 0.1) is 3.79 Å². The molecule has 0 aromatic carbocycles. The predicted octanol–water partition coefficient (Wildman–Crippen LogP) is 1.32. The van der Waals surface area contributed by atoms with Gasteiger partial charge in [-0.15, -0.1) is 11.3 Å². The highest BCUT2D eigenvalue weighted by molar-refractivity contribution is 9.11. The van der Waals surface area contributed by atoms with E-state index >= 15 is 0 Å². The molecular formula is C9H13BrN2O3S2. The van der Waals surface area contributed by atoms with Crippen molar-refractivity contribution in [3.05, 3.63) is 15.9 Å². The normalized spacial score (nSPS) is 11.4. The van der Waals surface area contributed by atoms with Crippen LogP contribution in [0.1, 0.15) is 13.3 Å². The van der Waals surface area contributed by atoms with Crippen molar-refractivity contribution in [2.24, 2.45) is 0 Å². The monoisotopic (exact) mass is 340 g/mol. The molecule has 1 aromatic heterocycles. The summed E-state index contributed by atoms with van der Waals surface area (Å²) < 4.78 is 26.8. The third kappa shape index (κ3) is 4.74. The summed E-state index contributed by atoms with van der Waals surface area (Å²) in [5, 5.41) is 2.60. The summed E-state index contributed by atoms with van der Waals surface area (Å²) in [6, 6.07) is 3.19. The van der Waals surface area contributed by atoms with Gasteiger partial charge >= 0.3 is 0 Å². The maximum Gasteiger partial charge on any atom is 0.250 e. The predicted molar refractivity (Wildman–Crippen MR) is 70.5 cm³/mol. The van der Waals surface area contributed by atoms with Crippen LogP contribution in [-0.2, 0) is 14.8 Å². The van der Waals surface area contributed by atoms with E-state index in [4.69, 9.17) is 0 Å². The highest BCUT2D eigenvalue weighted by Crippen LogP contribution is 2.25. The molecule has 8 heteroatoms. The minimum atomic E-state index is -3.49. The van der Waals surface area contributed by atoms with Crippen LogP contribution in [0.15, 0.2) is 20.1 Å². The summed E-state index contributed by atoms with van der Waals surface area (Å²) >= 11 is 4.33. The van der Waals surface area contributed by atoms with Crippen LogP contribution in [0, 0.1) is 0 Å². The number of sulfonamides is 1. The van der Waals surface area contributed by atoms with Gasteiger partial charge in [0.1, 0.15) is 4.21 Å². The Bertz CT molecular complexity index is 484. The average Bonchev–Trinajstić information content (AvgIpc) is 2.65. The minimum Gasteiger partial charge on any atom is -0.356 e. The van der Waals surface area contributed by atoms with Gasteiger partial charge in [0.15, 0.2) is 0 Å². The topological polar surface area (TPSA) is 75.3 Å². The summed E-state index contributed by atoms with van der Waals surface area (Å²) in [7, 11) is -3.49. The largest absolute Gasteiger partial charge is 0.356 e. The fourth-order valence-corrected chi connectivity index (χ4v) is 4.18. The van der Waals surface area contributed by atoms with E-state index in [-0.39, 0.29) is 23.1 Å². The third-order valence-electron chi connectivity index (χ3n) is 1.83. The lowest BCUT2D eigenvalue weighted by Gasteiger charge is -2.04. The lowest BCUT2D eigenvalue weighted by molar-refractivity contribution is -0.120. The van der Waals surface area contributed by atoms with Gasteiger partial charge in [-0.1, -0.05) is 0 Å². The van der Waals surface area contributed by atoms with Gasteiger partial charge < -0.3 is 5.32 Å². The summed E-state index contributed by atoms with van der Waals surface area (Å²) in [6.07, 6.45) is 0.139. The highest BCUT2D eigenvalue weighted by atomic mass is 79.9. The van der Waals surface area contributed by atoms with Crippen molar-refractivity contribution in [1.82, 2.24) is 10.0 Å². The van der Waals surface area contributed by atoms with Crippen molar-refractivity contribution in [1.29, 1.82) is 0 Å². The molecule has 0 radical (unpaired) electrons. The van der Waals surface area contributed by atoms with Gasteiger partial charge in [0.25, 0.3) is 0 Å². The van der Waals surface area contributed by atoms with Crippen LogP contribution in [-0.4, -0.2) is 27.4 Å². The second-order valence-electron chi connectivity index (χ2n) is 3.16. The molecule has 0 saturated carbocycles. The van der Waals surface area contributed by atoms with Crippen molar-refractivity contribution < 1.29 is 13.2 Å². The first-order valence-electron chi connectivity index (χ1n) is 4.97. The molecule has 0 saturated heterocycles. The maximum absolute atomic E-state index is 11.7. The standard InChI is InChI=1S/C9H13BrN2O3S2/c1-2-11-8(13)5-6-12-17(14,15)9-4-3-7(10)16-9/h3-4,12H,2,5-6H2,1H3,(H,11,13). The third-order valence-corrected chi connectivity index (χ3v) is 5.41. The first-order valence-corrected chi connectivity index (χ1v) is 8.06. The number of amides is 1. The van der Waals surface area contributed by atoms with Gasteiger partial charge in [0, 0.05) is 19.5 Å². The molecule has 1 heterocycles. The quantitative estimate of drug-likeness (QED) is 0.819. The molecule has 1 rings (SSSR count). The number of rotatable bonds is 6. The van der Waals surface area contributed by atoms with Crippen LogP contribution in [0.3, 0.4) is 0 Å². The van der Waals surface area contributed by atoms with Crippen LogP contribution in [0.4, 0.5) is 0 Å². The molecule has 0 atom stereocenters. The number of thiophene rings is 1. The zero-order valence-electron chi connectivity index (χ0n) is 9.20. The molecule has 2 N–H and O–H groups in total. The van der Waals surface area contributed by atoms with Gasteiger partial charge in [-0.05, 0) is 35.0 Å². The first kappa shape index (κ1) is 14.6. The molecule has 17 heavy (non-hydrogen) atoms. The molecule has 1 amide bonds.